The standard InChI is InChI=1S/C16H21N3O/c1-19-9-8-17-16(19)7-10-20-15-4-2-3-13(11-15)12-18-14-5-6-14/h2-4,8-9,11,14,18H,5-7,10,12H2,1H3. The van der Waals surface area contributed by atoms with Gasteiger partial charge in [-0.05, 0) is 30.5 Å². The molecule has 1 aromatic heterocycles. The van der Waals surface area contributed by atoms with Crippen LogP contribution >= 0.6 is 0 Å². The summed E-state index contributed by atoms with van der Waals surface area (Å²) in [5, 5.41) is 3.52. The highest BCUT2D eigenvalue weighted by Crippen LogP contribution is 2.20. The van der Waals surface area contributed by atoms with E-state index < -0.39 is 0 Å². The third kappa shape index (κ3) is 3.61. The van der Waals surface area contributed by atoms with E-state index in [2.05, 4.69) is 28.5 Å². The maximum atomic E-state index is 5.82. The molecule has 1 heterocycles. The summed E-state index contributed by atoms with van der Waals surface area (Å²) in [7, 11) is 2.01. The zero-order valence-electron chi connectivity index (χ0n) is 11.9. The molecule has 106 valence electrons. The van der Waals surface area contributed by atoms with Gasteiger partial charge in [0, 0.05) is 38.4 Å². The summed E-state index contributed by atoms with van der Waals surface area (Å²) < 4.78 is 7.84. The third-order valence-electron chi connectivity index (χ3n) is 3.59. The first-order chi connectivity index (χ1) is 9.81. The number of nitrogens with one attached hydrogen (secondary N) is 1. The molecule has 0 unspecified atom stereocenters. The fourth-order valence-electron chi connectivity index (χ4n) is 2.19. The zero-order chi connectivity index (χ0) is 13.8. The summed E-state index contributed by atoms with van der Waals surface area (Å²) >= 11 is 0. The smallest absolute Gasteiger partial charge is 0.119 e. The summed E-state index contributed by atoms with van der Waals surface area (Å²) in [6, 6.07) is 9.07. The molecule has 0 saturated heterocycles. The van der Waals surface area contributed by atoms with Crippen LogP contribution in [0.5, 0.6) is 5.75 Å². The molecule has 20 heavy (non-hydrogen) atoms. The van der Waals surface area contributed by atoms with Gasteiger partial charge in [0.25, 0.3) is 0 Å². The lowest BCUT2D eigenvalue weighted by atomic mass is 10.2. The number of ether oxygens (including phenoxy) is 1. The number of imidazole rings is 1. The van der Waals surface area contributed by atoms with Crippen molar-refractivity contribution in [2.45, 2.75) is 31.8 Å². The molecule has 1 saturated carbocycles. The summed E-state index contributed by atoms with van der Waals surface area (Å²) in [5.41, 5.74) is 1.28. The highest BCUT2D eigenvalue weighted by atomic mass is 16.5. The van der Waals surface area contributed by atoms with Crippen LogP contribution in [0.1, 0.15) is 24.2 Å². The average molecular weight is 271 g/mol. The number of aryl methyl sites for hydroxylation is 1. The molecule has 0 spiro atoms. The summed E-state index contributed by atoms with van der Waals surface area (Å²) in [6.45, 7) is 1.59. The molecule has 4 heteroatoms. The maximum absolute atomic E-state index is 5.82. The molecule has 1 fully saturated rings. The van der Waals surface area contributed by atoms with Gasteiger partial charge >= 0.3 is 0 Å². The molecule has 3 rings (SSSR count). The van der Waals surface area contributed by atoms with Crippen LogP contribution in [0.2, 0.25) is 0 Å². The monoisotopic (exact) mass is 271 g/mol. The van der Waals surface area contributed by atoms with E-state index in [-0.39, 0.29) is 0 Å². The number of benzene rings is 1. The van der Waals surface area contributed by atoms with Crippen LogP contribution in [0.25, 0.3) is 0 Å². The number of hydrogen-bond acceptors (Lipinski definition) is 3. The molecule has 1 aliphatic carbocycles. The minimum absolute atomic E-state index is 0.657. The average Bonchev–Trinajstić information content (AvgIpc) is 3.20. The van der Waals surface area contributed by atoms with Crippen LogP contribution in [0, 0.1) is 0 Å². The Balaban J connectivity index is 1.49. The van der Waals surface area contributed by atoms with Gasteiger partial charge in [0.15, 0.2) is 0 Å². The van der Waals surface area contributed by atoms with Crippen LogP contribution in [0.4, 0.5) is 0 Å². The first kappa shape index (κ1) is 13.2. The van der Waals surface area contributed by atoms with Crippen molar-refractivity contribution in [2.24, 2.45) is 7.05 Å². The molecule has 0 radical (unpaired) electrons. The van der Waals surface area contributed by atoms with Crippen molar-refractivity contribution in [2.75, 3.05) is 6.61 Å². The summed E-state index contributed by atoms with van der Waals surface area (Å²) in [5.74, 6) is 1.99. The zero-order valence-corrected chi connectivity index (χ0v) is 11.9. The molecule has 4 nitrogen and oxygen atoms in total. The van der Waals surface area contributed by atoms with Crippen molar-refractivity contribution in [1.82, 2.24) is 14.9 Å². The van der Waals surface area contributed by atoms with E-state index in [1.165, 1.54) is 18.4 Å². The first-order valence-electron chi connectivity index (χ1n) is 7.22. The van der Waals surface area contributed by atoms with Gasteiger partial charge in [-0.3, -0.25) is 0 Å². The number of rotatable bonds is 7. The van der Waals surface area contributed by atoms with Crippen molar-refractivity contribution in [3.63, 3.8) is 0 Å². The topological polar surface area (TPSA) is 39.1 Å². The van der Waals surface area contributed by atoms with Gasteiger partial charge in [-0.15, -0.1) is 0 Å². The minimum atomic E-state index is 0.657. The third-order valence-corrected chi connectivity index (χ3v) is 3.59. The van der Waals surface area contributed by atoms with Crippen molar-refractivity contribution < 1.29 is 4.74 Å². The van der Waals surface area contributed by atoms with Crippen LogP contribution in [-0.4, -0.2) is 22.2 Å². The second kappa shape index (κ2) is 6.09. The van der Waals surface area contributed by atoms with E-state index in [1.807, 2.05) is 30.1 Å². The molecule has 0 atom stereocenters. The maximum Gasteiger partial charge on any atom is 0.119 e. The van der Waals surface area contributed by atoms with E-state index in [9.17, 15) is 0 Å². The Morgan fingerprint density at radius 1 is 1.40 bits per heavy atom. The van der Waals surface area contributed by atoms with Gasteiger partial charge in [-0.2, -0.15) is 0 Å². The Labute approximate surface area is 119 Å². The molecule has 2 aromatic rings. The summed E-state index contributed by atoms with van der Waals surface area (Å²) in [4.78, 5) is 4.29. The summed E-state index contributed by atoms with van der Waals surface area (Å²) in [6.07, 6.45) is 7.24. The molecule has 0 amide bonds. The van der Waals surface area contributed by atoms with Gasteiger partial charge in [-0.1, -0.05) is 12.1 Å². The molecule has 1 N–H and O–H groups in total. The SMILES string of the molecule is Cn1ccnc1CCOc1cccc(CNC2CC2)c1. The molecular weight excluding hydrogens is 250 g/mol. The molecular formula is C16H21N3O. The molecule has 1 aliphatic rings. The Morgan fingerprint density at radius 2 is 2.30 bits per heavy atom. The lowest BCUT2D eigenvalue weighted by Crippen LogP contribution is -2.15. The molecule has 1 aromatic carbocycles. The second-order valence-corrected chi connectivity index (χ2v) is 5.36. The normalized spacial score (nSPS) is 14.4. The number of aromatic nitrogens is 2. The predicted octanol–water partition coefficient (Wildman–Crippen LogP) is 2.29. The van der Waals surface area contributed by atoms with E-state index in [1.54, 1.807) is 0 Å². The van der Waals surface area contributed by atoms with Crippen LogP contribution in [0.3, 0.4) is 0 Å². The highest BCUT2D eigenvalue weighted by Gasteiger charge is 2.19. The van der Waals surface area contributed by atoms with Gasteiger partial charge < -0.3 is 14.6 Å². The van der Waals surface area contributed by atoms with Gasteiger partial charge in [0.2, 0.25) is 0 Å². The number of hydrogen-bond donors (Lipinski definition) is 1. The lowest BCUT2D eigenvalue weighted by Gasteiger charge is -2.08. The van der Waals surface area contributed by atoms with E-state index in [0.29, 0.717) is 6.61 Å². The van der Waals surface area contributed by atoms with E-state index in [0.717, 1.165) is 30.6 Å². The van der Waals surface area contributed by atoms with Crippen molar-refractivity contribution in [3.05, 3.63) is 48.0 Å². The van der Waals surface area contributed by atoms with E-state index >= 15 is 0 Å². The Morgan fingerprint density at radius 3 is 3.05 bits per heavy atom. The first-order valence-corrected chi connectivity index (χ1v) is 7.22. The Bertz CT molecular complexity index is 560. The van der Waals surface area contributed by atoms with Crippen LogP contribution < -0.4 is 10.1 Å². The highest BCUT2D eigenvalue weighted by molar-refractivity contribution is 5.28. The molecule has 0 aliphatic heterocycles. The van der Waals surface area contributed by atoms with Crippen molar-refractivity contribution >= 4 is 0 Å². The predicted molar refractivity (Wildman–Crippen MR) is 78.7 cm³/mol. The van der Waals surface area contributed by atoms with Crippen LogP contribution in [0.15, 0.2) is 36.7 Å². The Kier molecular flexibility index (Phi) is 4.02. The number of nitrogens with zero attached hydrogens (tertiary/aromatic N) is 2. The van der Waals surface area contributed by atoms with Crippen LogP contribution in [-0.2, 0) is 20.0 Å². The quantitative estimate of drug-likeness (QED) is 0.840. The molecule has 0 bridgehead atoms. The van der Waals surface area contributed by atoms with Gasteiger partial charge in [0.05, 0.1) is 6.61 Å². The largest absolute Gasteiger partial charge is 0.493 e. The van der Waals surface area contributed by atoms with Crippen molar-refractivity contribution in [3.8, 4) is 5.75 Å². The van der Waals surface area contributed by atoms with Crippen molar-refractivity contribution in [1.29, 1.82) is 0 Å². The van der Waals surface area contributed by atoms with Gasteiger partial charge in [0.1, 0.15) is 11.6 Å². The van der Waals surface area contributed by atoms with E-state index in [4.69, 9.17) is 4.74 Å². The fourth-order valence-corrected chi connectivity index (χ4v) is 2.19. The second-order valence-electron chi connectivity index (χ2n) is 5.36. The van der Waals surface area contributed by atoms with Gasteiger partial charge in [-0.25, -0.2) is 4.98 Å². The lowest BCUT2D eigenvalue weighted by molar-refractivity contribution is 0.317. The minimum Gasteiger partial charge on any atom is -0.493 e. The fraction of sp³-hybridized carbons (Fsp3) is 0.438. The Hall–Kier alpha value is -1.81.